The fourth-order valence-electron chi connectivity index (χ4n) is 1.87. The van der Waals surface area contributed by atoms with E-state index in [1.165, 1.54) is 6.21 Å². The molecule has 2 rings (SSSR count). The Morgan fingerprint density at radius 2 is 1.87 bits per heavy atom. The molecule has 5 nitrogen and oxygen atoms in total. The summed E-state index contributed by atoms with van der Waals surface area (Å²) in [5, 5.41) is 3.81. The van der Waals surface area contributed by atoms with Gasteiger partial charge < -0.3 is 4.74 Å². The van der Waals surface area contributed by atoms with E-state index in [9.17, 15) is 8.42 Å². The normalized spacial score (nSPS) is 11.7. The Balaban J connectivity index is 2.15. The Morgan fingerprint density at radius 1 is 1.13 bits per heavy atom. The monoisotopic (exact) mass is 396 g/mol. The van der Waals surface area contributed by atoms with Crippen molar-refractivity contribution in [3.63, 3.8) is 0 Å². The minimum absolute atomic E-state index is 0.189. The molecule has 0 aliphatic heterocycles. The number of aryl methyl sites for hydroxylation is 2. The summed E-state index contributed by atoms with van der Waals surface area (Å²) in [7, 11) is -2.10. The van der Waals surface area contributed by atoms with Crippen LogP contribution in [0.15, 0.2) is 50.9 Å². The van der Waals surface area contributed by atoms with Crippen molar-refractivity contribution >= 4 is 32.2 Å². The molecule has 0 radical (unpaired) electrons. The predicted octanol–water partition coefficient (Wildman–Crippen LogP) is 3.39. The van der Waals surface area contributed by atoms with Crippen molar-refractivity contribution in [3.05, 3.63) is 57.6 Å². The minimum Gasteiger partial charge on any atom is -0.496 e. The van der Waals surface area contributed by atoms with E-state index in [-0.39, 0.29) is 4.90 Å². The fraction of sp³-hybridized carbons (Fsp3) is 0.188. The van der Waals surface area contributed by atoms with Crippen LogP contribution in [0.1, 0.15) is 16.7 Å². The van der Waals surface area contributed by atoms with E-state index in [1.807, 2.05) is 13.8 Å². The SMILES string of the molecule is COc1ccc(/C=N/NS(=O)(=O)c2ccc(C)c(C)c2)cc1Br. The highest BCUT2D eigenvalue weighted by Gasteiger charge is 2.13. The summed E-state index contributed by atoms with van der Waals surface area (Å²) in [5.41, 5.74) is 2.69. The van der Waals surface area contributed by atoms with E-state index in [0.717, 1.165) is 21.2 Å². The van der Waals surface area contributed by atoms with Crippen LogP contribution in [0, 0.1) is 13.8 Å². The lowest BCUT2D eigenvalue weighted by molar-refractivity contribution is 0.412. The maximum atomic E-state index is 12.2. The van der Waals surface area contributed by atoms with E-state index < -0.39 is 10.0 Å². The first-order chi connectivity index (χ1) is 10.8. The molecule has 0 bridgehead atoms. The second-order valence-electron chi connectivity index (χ2n) is 4.99. The highest BCUT2D eigenvalue weighted by molar-refractivity contribution is 9.10. The smallest absolute Gasteiger partial charge is 0.276 e. The molecule has 0 aliphatic carbocycles. The summed E-state index contributed by atoms with van der Waals surface area (Å²) in [6.45, 7) is 3.80. The molecule has 0 heterocycles. The second kappa shape index (κ2) is 7.14. The highest BCUT2D eigenvalue weighted by atomic mass is 79.9. The van der Waals surface area contributed by atoms with Gasteiger partial charge in [0.05, 0.1) is 22.7 Å². The molecule has 0 amide bonds. The molecule has 0 spiro atoms. The molecule has 0 fully saturated rings. The number of hydrogen-bond donors (Lipinski definition) is 1. The molecular weight excluding hydrogens is 380 g/mol. The number of rotatable bonds is 5. The van der Waals surface area contributed by atoms with Crippen LogP contribution in [0.5, 0.6) is 5.75 Å². The van der Waals surface area contributed by atoms with Gasteiger partial charge in [-0.15, -0.1) is 0 Å². The van der Waals surface area contributed by atoms with Crippen molar-refractivity contribution in [2.75, 3.05) is 7.11 Å². The Morgan fingerprint density at radius 3 is 2.48 bits per heavy atom. The molecule has 2 aromatic carbocycles. The first kappa shape index (κ1) is 17.5. The van der Waals surface area contributed by atoms with Crippen molar-refractivity contribution in [2.45, 2.75) is 18.7 Å². The third-order valence-corrected chi connectivity index (χ3v) is 5.19. The molecule has 0 unspecified atom stereocenters. The van der Waals surface area contributed by atoms with Crippen LogP contribution in [0.25, 0.3) is 0 Å². The topological polar surface area (TPSA) is 67.8 Å². The lowest BCUT2D eigenvalue weighted by Gasteiger charge is -2.06. The molecule has 0 aliphatic rings. The largest absolute Gasteiger partial charge is 0.496 e. The van der Waals surface area contributed by atoms with Crippen LogP contribution in [0.3, 0.4) is 0 Å². The Kier molecular flexibility index (Phi) is 5.43. The molecular formula is C16H17BrN2O3S. The zero-order valence-corrected chi connectivity index (χ0v) is 15.4. The molecule has 7 heteroatoms. The van der Waals surface area contributed by atoms with Crippen LogP contribution in [-0.2, 0) is 10.0 Å². The number of benzene rings is 2. The first-order valence-electron chi connectivity index (χ1n) is 6.79. The average Bonchev–Trinajstić information content (AvgIpc) is 2.50. The Bertz CT molecular complexity index is 848. The predicted molar refractivity (Wildman–Crippen MR) is 94.5 cm³/mol. The number of nitrogens with one attached hydrogen (secondary N) is 1. The molecule has 0 atom stereocenters. The first-order valence-corrected chi connectivity index (χ1v) is 9.07. The quantitative estimate of drug-likeness (QED) is 0.621. The zero-order valence-electron chi connectivity index (χ0n) is 13.0. The van der Waals surface area contributed by atoms with E-state index in [0.29, 0.717) is 5.75 Å². The number of sulfonamides is 1. The summed E-state index contributed by atoms with van der Waals surface area (Å²) in [6.07, 6.45) is 1.43. The third kappa shape index (κ3) is 4.33. The summed E-state index contributed by atoms with van der Waals surface area (Å²) in [5.74, 6) is 0.692. The van der Waals surface area contributed by atoms with Gasteiger partial charge in [-0.05, 0) is 76.8 Å². The van der Waals surface area contributed by atoms with Crippen LogP contribution in [-0.4, -0.2) is 21.7 Å². The standard InChI is InChI=1S/C16H17BrN2O3S/c1-11-4-6-14(8-12(11)2)23(20,21)19-18-10-13-5-7-16(22-3)15(17)9-13/h4-10,19H,1-3H3/b18-10+. The maximum Gasteiger partial charge on any atom is 0.276 e. The number of hydrazone groups is 1. The van der Waals surface area contributed by atoms with Crippen LogP contribution in [0.4, 0.5) is 0 Å². The maximum absolute atomic E-state index is 12.2. The van der Waals surface area contributed by atoms with E-state index in [1.54, 1.807) is 43.5 Å². The number of nitrogens with zero attached hydrogens (tertiary/aromatic N) is 1. The molecule has 0 saturated heterocycles. The fourth-order valence-corrected chi connectivity index (χ4v) is 3.30. The van der Waals surface area contributed by atoms with Crippen LogP contribution < -0.4 is 9.57 Å². The molecule has 1 N–H and O–H groups in total. The molecule has 0 aromatic heterocycles. The van der Waals surface area contributed by atoms with Crippen molar-refractivity contribution in [1.82, 2.24) is 4.83 Å². The Labute approximate surface area is 144 Å². The van der Waals surface area contributed by atoms with Gasteiger partial charge in [0, 0.05) is 0 Å². The molecule has 2 aromatic rings. The summed E-state index contributed by atoms with van der Waals surface area (Å²) in [4.78, 5) is 2.40. The Hall–Kier alpha value is -1.86. The van der Waals surface area contributed by atoms with Crippen molar-refractivity contribution < 1.29 is 13.2 Å². The van der Waals surface area contributed by atoms with Gasteiger partial charge >= 0.3 is 0 Å². The lowest BCUT2D eigenvalue weighted by atomic mass is 10.1. The summed E-state index contributed by atoms with van der Waals surface area (Å²) >= 11 is 3.36. The van der Waals surface area contributed by atoms with E-state index >= 15 is 0 Å². The minimum atomic E-state index is -3.68. The third-order valence-electron chi connectivity index (χ3n) is 3.35. The lowest BCUT2D eigenvalue weighted by Crippen LogP contribution is -2.18. The van der Waals surface area contributed by atoms with Crippen LogP contribution >= 0.6 is 15.9 Å². The summed E-state index contributed by atoms with van der Waals surface area (Å²) < 4.78 is 30.3. The highest BCUT2D eigenvalue weighted by Crippen LogP contribution is 2.24. The second-order valence-corrected chi connectivity index (χ2v) is 7.51. The van der Waals surface area contributed by atoms with Gasteiger partial charge in [0.2, 0.25) is 0 Å². The molecule has 122 valence electrons. The van der Waals surface area contributed by atoms with E-state index in [4.69, 9.17) is 4.74 Å². The number of methoxy groups -OCH3 is 1. The van der Waals surface area contributed by atoms with Crippen molar-refractivity contribution in [3.8, 4) is 5.75 Å². The zero-order chi connectivity index (χ0) is 17.0. The van der Waals surface area contributed by atoms with Gasteiger partial charge in [-0.1, -0.05) is 6.07 Å². The average molecular weight is 397 g/mol. The number of ether oxygens (including phenoxy) is 1. The van der Waals surface area contributed by atoms with Crippen molar-refractivity contribution in [1.29, 1.82) is 0 Å². The molecule has 23 heavy (non-hydrogen) atoms. The van der Waals surface area contributed by atoms with Gasteiger partial charge in [0.1, 0.15) is 5.75 Å². The number of hydrogen-bond acceptors (Lipinski definition) is 4. The summed E-state index contributed by atoms with van der Waals surface area (Å²) in [6, 6.07) is 10.3. The van der Waals surface area contributed by atoms with Gasteiger partial charge in [0.15, 0.2) is 0 Å². The van der Waals surface area contributed by atoms with Crippen molar-refractivity contribution in [2.24, 2.45) is 5.10 Å². The number of halogens is 1. The molecule has 0 saturated carbocycles. The van der Waals surface area contributed by atoms with E-state index in [2.05, 4.69) is 25.9 Å². The van der Waals surface area contributed by atoms with Gasteiger partial charge in [0.25, 0.3) is 10.0 Å². The van der Waals surface area contributed by atoms with Gasteiger partial charge in [-0.25, -0.2) is 4.83 Å². The van der Waals surface area contributed by atoms with Gasteiger partial charge in [-0.3, -0.25) is 0 Å². The van der Waals surface area contributed by atoms with Crippen LogP contribution in [0.2, 0.25) is 0 Å². The van der Waals surface area contributed by atoms with Gasteiger partial charge in [-0.2, -0.15) is 13.5 Å².